The molecule has 1 aromatic rings. The molecular weight excluding hydrogens is 247 g/mol. The molecule has 100 valence electrons. The number of nitrogens with zero attached hydrogens (tertiary/aromatic N) is 2. The number of carbonyl (C=O) groups is 1. The first-order chi connectivity index (χ1) is 8.29. The van der Waals surface area contributed by atoms with Gasteiger partial charge in [-0.15, -0.1) is 0 Å². The summed E-state index contributed by atoms with van der Waals surface area (Å²) in [5.41, 5.74) is -0.646. The summed E-state index contributed by atoms with van der Waals surface area (Å²) in [6.07, 6.45) is -2.61. The van der Waals surface area contributed by atoms with Crippen LogP contribution in [-0.2, 0) is 11.0 Å². The lowest BCUT2D eigenvalue weighted by atomic mass is 10.3. The minimum absolute atomic E-state index is 0.179. The number of halogens is 3. The van der Waals surface area contributed by atoms with Crippen LogP contribution in [0.5, 0.6) is 0 Å². The molecule has 1 amide bonds. The Morgan fingerprint density at radius 1 is 1.56 bits per heavy atom. The van der Waals surface area contributed by atoms with Crippen LogP contribution in [0.1, 0.15) is 37.2 Å². The second kappa shape index (κ2) is 4.29. The van der Waals surface area contributed by atoms with Gasteiger partial charge in [0.15, 0.2) is 5.69 Å². The van der Waals surface area contributed by atoms with Crippen LogP contribution in [0.2, 0.25) is 0 Å². The first kappa shape index (κ1) is 12.9. The lowest BCUT2D eigenvalue weighted by molar-refractivity contribution is -0.142. The van der Waals surface area contributed by atoms with Gasteiger partial charge in [0, 0.05) is 11.7 Å². The van der Waals surface area contributed by atoms with E-state index in [0.29, 0.717) is 5.69 Å². The summed E-state index contributed by atoms with van der Waals surface area (Å²) in [4.78, 5) is 11.8. The van der Waals surface area contributed by atoms with Gasteiger partial charge in [-0.05, 0) is 32.8 Å². The number of carbonyl (C=O) groups excluding carboxylic acids is 1. The third-order valence-electron chi connectivity index (χ3n) is 2.88. The molecule has 7 heteroatoms. The fourth-order valence-corrected chi connectivity index (χ4v) is 1.68. The number of aryl methyl sites for hydroxylation is 1. The van der Waals surface area contributed by atoms with Gasteiger partial charge in [-0.3, -0.25) is 9.48 Å². The first-order valence-electron chi connectivity index (χ1n) is 5.73. The van der Waals surface area contributed by atoms with E-state index in [9.17, 15) is 18.0 Å². The van der Waals surface area contributed by atoms with Crippen molar-refractivity contribution >= 4 is 5.91 Å². The molecule has 1 N–H and O–H groups in total. The zero-order valence-corrected chi connectivity index (χ0v) is 10.1. The van der Waals surface area contributed by atoms with Crippen LogP contribution in [0.25, 0.3) is 0 Å². The van der Waals surface area contributed by atoms with Gasteiger partial charge < -0.3 is 5.32 Å². The predicted octanol–water partition coefficient (Wildman–Crippen LogP) is 2.05. The minimum Gasteiger partial charge on any atom is -0.352 e. The van der Waals surface area contributed by atoms with E-state index in [2.05, 4.69) is 10.4 Å². The summed E-state index contributed by atoms with van der Waals surface area (Å²) in [5.74, 6) is -0.294. The highest BCUT2D eigenvalue weighted by atomic mass is 19.4. The average molecular weight is 261 g/mol. The Hall–Kier alpha value is -1.53. The number of rotatable bonds is 3. The molecule has 0 radical (unpaired) electrons. The largest absolute Gasteiger partial charge is 0.435 e. The van der Waals surface area contributed by atoms with Crippen molar-refractivity contribution in [1.29, 1.82) is 0 Å². The smallest absolute Gasteiger partial charge is 0.352 e. The Kier molecular flexibility index (Phi) is 3.08. The number of hydrogen-bond donors (Lipinski definition) is 1. The maximum absolute atomic E-state index is 12.5. The van der Waals surface area contributed by atoms with Crippen molar-refractivity contribution in [3.63, 3.8) is 0 Å². The number of hydrogen-bond acceptors (Lipinski definition) is 2. The van der Waals surface area contributed by atoms with Crippen molar-refractivity contribution in [1.82, 2.24) is 15.1 Å². The zero-order chi connectivity index (χ0) is 13.5. The minimum atomic E-state index is -4.48. The van der Waals surface area contributed by atoms with Gasteiger partial charge in [0.2, 0.25) is 5.91 Å². The van der Waals surface area contributed by atoms with Crippen molar-refractivity contribution < 1.29 is 18.0 Å². The van der Waals surface area contributed by atoms with Gasteiger partial charge in [0.25, 0.3) is 0 Å². The van der Waals surface area contributed by atoms with E-state index in [1.807, 2.05) is 0 Å². The molecule has 0 spiro atoms. The fraction of sp³-hybridized carbons (Fsp3) is 0.636. The summed E-state index contributed by atoms with van der Waals surface area (Å²) >= 11 is 0. The van der Waals surface area contributed by atoms with E-state index in [-0.39, 0.29) is 11.9 Å². The van der Waals surface area contributed by atoms with Crippen LogP contribution in [0, 0.1) is 6.92 Å². The van der Waals surface area contributed by atoms with Gasteiger partial charge in [0.1, 0.15) is 6.04 Å². The predicted molar refractivity (Wildman–Crippen MR) is 57.8 cm³/mol. The quantitative estimate of drug-likeness (QED) is 0.905. The average Bonchev–Trinajstić information content (AvgIpc) is 2.96. The molecule has 2 rings (SSSR count). The van der Waals surface area contributed by atoms with E-state index in [4.69, 9.17) is 0 Å². The summed E-state index contributed by atoms with van der Waals surface area (Å²) in [6, 6.07) is 0.389. The molecule has 0 bridgehead atoms. The van der Waals surface area contributed by atoms with E-state index in [1.165, 1.54) is 13.8 Å². The standard InChI is InChI=1S/C11H14F3N3O/c1-6-5-9(11(12,13)14)16-17(6)7(2)10(18)15-8-3-4-8/h5,7-8H,3-4H2,1-2H3,(H,15,18). The lowest BCUT2D eigenvalue weighted by Crippen LogP contribution is -2.33. The molecule has 1 fully saturated rings. The van der Waals surface area contributed by atoms with Crippen molar-refractivity contribution in [3.05, 3.63) is 17.5 Å². The van der Waals surface area contributed by atoms with Crippen LogP contribution in [0.4, 0.5) is 13.2 Å². The van der Waals surface area contributed by atoms with E-state index >= 15 is 0 Å². The molecule has 1 heterocycles. The summed E-state index contributed by atoms with van der Waals surface area (Å²) < 4.78 is 38.6. The highest BCUT2D eigenvalue weighted by Crippen LogP contribution is 2.29. The lowest BCUT2D eigenvalue weighted by Gasteiger charge is -2.14. The second-order valence-corrected chi connectivity index (χ2v) is 4.57. The highest BCUT2D eigenvalue weighted by molar-refractivity contribution is 5.80. The van der Waals surface area contributed by atoms with Crippen molar-refractivity contribution in [2.75, 3.05) is 0 Å². The van der Waals surface area contributed by atoms with Gasteiger partial charge in [-0.2, -0.15) is 18.3 Å². The van der Waals surface area contributed by atoms with Gasteiger partial charge in [-0.1, -0.05) is 0 Å². The molecule has 0 aliphatic heterocycles. The summed E-state index contributed by atoms with van der Waals surface area (Å²) in [5, 5.41) is 6.21. The van der Waals surface area contributed by atoms with Crippen LogP contribution in [0.15, 0.2) is 6.07 Å². The van der Waals surface area contributed by atoms with Gasteiger partial charge >= 0.3 is 6.18 Å². The molecule has 0 saturated heterocycles. The van der Waals surface area contributed by atoms with Crippen LogP contribution in [-0.4, -0.2) is 21.7 Å². The Balaban J connectivity index is 2.16. The van der Waals surface area contributed by atoms with Crippen LogP contribution < -0.4 is 5.32 Å². The molecule has 18 heavy (non-hydrogen) atoms. The van der Waals surface area contributed by atoms with Crippen LogP contribution >= 0.6 is 0 Å². The van der Waals surface area contributed by atoms with Gasteiger partial charge in [-0.25, -0.2) is 0 Å². The zero-order valence-electron chi connectivity index (χ0n) is 10.1. The Labute approximate surface area is 102 Å². The third-order valence-corrected chi connectivity index (χ3v) is 2.88. The molecular formula is C11H14F3N3O. The van der Waals surface area contributed by atoms with Crippen molar-refractivity contribution in [2.45, 2.75) is 44.9 Å². The van der Waals surface area contributed by atoms with Crippen LogP contribution in [0.3, 0.4) is 0 Å². The van der Waals surface area contributed by atoms with Crippen molar-refractivity contribution in [2.24, 2.45) is 0 Å². The summed E-state index contributed by atoms with van der Waals surface area (Å²) in [7, 11) is 0. The molecule has 0 aromatic carbocycles. The molecule has 1 saturated carbocycles. The summed E-state index contributed by atoms with van der Waals surface area (Å²) in [6.45, 7) is 3.04. The van der Waals surface area contributed by atoms with E-state index < -0.39 is 17.9 Å². The number of nitrogens with one attached hydrogen (secondary N) is 1. The first-order valence-corrected chi connectivity index (χ1v) is 5.73. The van der Waals surface area contributed by atoms with Crippen molar-refractivity contribution in [3.8, 4) is 0 Å². The number of amides is 1. The monoisotopic (exact) mass is 261 g/mol. The number of aromatic nitrogens is 2. The SMILES string of the molecule is Cc1cc(C(F)(F)F)nn1C(C)C(=O)NC1CC1. The molecule has 1 aliphatic carbocycles. The normalized spacial score (nSPS) is 17.6. The fourth-order valence-electron chi connectivity index (χ4n) is 1.68. The Morgan fingerprint density at radius 3 is 2.61 bits per heavy atom. The van der Waals surface area contributed by atoms with E-state index in [0.717, 1.165) is 23.6 Å². The maximum Gasteiger partial charge on any atom is 0.435 e. The molecule has 1 aromatic heterocycles. The molecule has 1 aliphatic rings. The molecule has 1 atom stereocenters. The van der Waals surface area contributed by atoms with Gasteiger partial charge in [0.05, 0.1) is 0 Å². The topological polar surface area (TPSA) is 46.9 Å². The number of alkyl halides is 3. The Morgan fingerprint density at radius 2 is 2.17 bits per heavy atom. The Bertz CT molecular complexity index is 463. The molecule has 1 unspecified atom stereocenters. The second-order valence-electron chi connectivity index (χ2n) is 4.57. The maximum atomic E-state index is 12.5. The van der Waals surface area contributed by atoms with E-state index in [1.54, 1.807) is 0 Å². The third kappa shape index (κ3) is 2.65. The molecule has 4 nitrogen and oxygen atoms in total. The highest BCUT2D eigenvalue weighted by Gasteiger charge is 2.35.